The fourth-order valence-electron chi connectivity index (χ4n) is 2.12. The molecule has 0 spiro atoms. The molecule has 0 atom stereocenters. The summed E-state index contributed by atoms with van der Waals surface area (Å²) in [4.78, 5) is 4.20. The second-order valence-corrected chi connectivity index (χ2v) is 6.41. The maximum atomic E-state index is 4.34. The van der Waals surface area contributed by atoms with E-state index in [0.29, 0.717) is 5.92 Å². The topological polar surface area (TPSA) is 67.1 Å². The maximum absolute atomic E-state index is 4.34. The van der Waals surface area contributed by atoms with E-state index in [9.17, 15) is 0 Å². The Morgan fingerprint density at radius 3 is 2.52 bits per heavy atom. The van der Waals surface area contributed by atoms with E-state index >= 15 is 0 Å². The minimum Gasteiger partial charge on any atom is -0.356 e. The van der Waals surface area contributed by atoms with Gasteiger partial charge in [-0.3, -0.25) is 4.99 Å². The average molecular weight is 454 g/mol. The van der Waals surface area contributed by atoms with Gasteiger partial charge in [0, 0.05) is 33.1 Å². The van der Waals surface area contributed by atoms with Crippen LogP contribution in [0.15, 0.2) is 10.1 Å². The number of guanidine groups is 1. The van der Waals surface area contributed by atoms with Gasteiger partial charge in [0.1, 0.15) is 5.82 Å². The van der Waals surface area contributed by atoms with E-state index in [1.54, 1.807) is 18.8 Å². The van der Waals surface area contributed by atoms with Crippen LogP contribution in [0, 0.1) is 5.92 Å². The first-order chi connectivity index (χ1) is 10.6. The van der Waals surface area contributed by atoms with Crippen LogP contribution in [0.25, 0.3) is 0 Å². The number of hydrogen-bond donors (Lipinski definition) is 2. The zero-order valence-corrected chi connectivity index (χ0v) is 18.1. The average Bonchev–Trinajstić information content (AvgIpc) is 2.88. The van der Waals surface area contributed by atoms with Gasteiger partial charge in [-0.15, -0.1) is 34.2 Å². The Hall–Kier alpha value is -0.510. The van der Waals surface area contributed by atoms with Crippen molar-refractivity contribution in [2.75, 3.05) is 26.4 Å². The Morgan fingerprint density at radius 2 is 1.96 bits per heavy atom. The van der Waals surface area contributed by atoms with Gasteiger partial charge >= 0.3 is 0 Å². The molecule has 1 heterocycles. The highest BCUT2D eigenvalue weighted by molar-refractivity contribution is 14.0. The van der Waals surface area contributed by atoms with Gasteiger partial charge in [0.15, 0.2) is 11.1 Å². The number of rotatable bonds is 9. The van der Waals surface area contributed by atoms with Crippen molar-refractivity contribution in [2.24, 2.45) is 10.9 Å². The quantitative estimate of drug-likeness (QED) is 0.198. The summed E-state index contributed by atoms with van der Waals surface area (Å²) >= 11 is 1.66. The fraction of sp³-hybridized carbons (Fsp3) is 0.800. The van der Waals surface area contributed by atoms with Crippen molar-refractivity contribution in [3.05, 3.63) is 5.82 Å². The van der Waals surface area contributed by atoms with E-state index in [1.165, 1.54) is 0 Å². The molecule has 1 rings (SSSR count). The fourth-order valence-corrected chi connectivity index (χ4v) is 2.64. The van der Waals surface area contributed by atoms with E-state index in [0.717, 1.165) is 55.8 Å². The van der Waals surface area contributed by atoms with Crippen LogP contribution in [0.2, 0.25) is 0 Å². The Bertz CT molecular complexity index is 461. The van der Waals surface area contributed by atoms with Crippen molar-refractivity contribution in [2.45, 2.75) is 51.7 Å². The zero-order chi connectivity index (χ0) is 16.4. The van der Waals surface area contributed by atoms with Crippen LogP contribution >= 0.6 is 35.7 Å². The van der Waals surface area contributed by atoms with Crippen LogP contribution < -0.4 is 10.6 Å². The van der Waals surface area contributed by atoms with Gasteiger partial charge in [-0.1, -0.05) is 32.5 Å². The first kappa shape index (κ1) is 22.5. The van der Waals surface area contributed by atoms with Crippen molar-refractivity contribution in [1.29, 1.82) is 0 Å². The van der Waals surface area contributed by atoms with E-state index in [-0.39, 0.29) is 24.0 Å². The summed E-state index contributed by atoms with van der Waals surface area (Å²) in [5, 5.41) is 16.2. The molecule has 0 bridgehead atoms. The standard InChI is InChI=1S/C15H30N6S.HI/c1-6-9-17-14(16-4)18-10-7-8-13-19-20-15(22-5)21(13)11-12(2)3;/h12H,6-11H2,1-5H3,(H2,16,17,18);1H. The van der Waals surface area contributed by atoms with Crippen LogP contribution in [0.3, 0.4) is 0 Å². The third-order valence-corrected chi connectivity index (χ3v) is 3.83. The van der Waals surface area contributed by atoms with Crippen molar-refractivity contribution in [3.8, 4) is 0 Å². The number of hydrogen-bond acceptors (Lipinski definition) is 4. The molecule has 23 heavy (non-hydrogen) atoms. The Balaban J connectivity index is 0.00000484. The van der Waals surface area contributed by atoms with Crippen molar-refractivity contribution < 1.29 is 0 Å². The molecule has 0 radical (unpaired) electrons. The molecule has 8 heteroatoms. The second kappa shape index (κ2) is 12.9. The van der Waals surface area contributed by atoms with Crippen molar-refractivity contribution >= 4 is 41.7 Å². The smallest absolute Gasteiger partial charge is 0.190 e. The van der Waals surface area contributed by atoms with Crippen LogP contribution in [0.5, 0.6) is 0 Å². The van der Waals surface area contributed by atoms with Gasteiger partial charge in [-0.25, -0.2) is 0 Å². The minimum absolute atomic E-state index is 0. The summed E-state index contributed by atoms with van der Waals surface area (Å²) in [5.74, 6) is 2.54. The van der Waals surface area contributed by atoms with E-state index in [2.05, 4.69) is 57.4 Å². The molecule has 0 unspecified atom stereocenters. The lowest BCUT2D eigenvalue weighted by Crippen LogP contribution is -2.38. The van der Waals surface area contributed by atoms with E-state index in [1.807, 2.05) is 0 Å². The van der Waals surface area contributed by atoms with E-state index in [4.69, 9.17) is 0 Å². The summed E-state index contributed by atoms with van der Waals surface area (Å²) in [6, 6.07) is 0. The summed E-state index contributed by atoms with van der Waals surface area (Å²) in [5.41, 5.74) is 0. The van der Waals surface area contributed by atoms with Gasteiger partial charge in [-0.2, -0.15) is 0 Å². The Kier molecular flexibility index (Phi) is 12.6. The van der Waals surface area contributed by atoms with Crippen LogP contribution in [0.1, 0.15) is 39.4 Å². The number of halogens is 1. The lowest BCUT2D eigenvalue weighted by Gasteiger charge is -2.13. The van der Waals surface area contributed by atoms with Crippen LogP contribution in [-0.2, 0) is 13.0 Å². The Labute approximate surface area is 161 Å². The normalized spacial score (nSPS) is 11.5. The van der Waals surface area contributed by atoms with Crippen LogP contribution in [-0.4, -0.2) is 47.1 Å². The minimum atomic E-state index is 0. The summed E-state index contributed by atoms with van der Waals surface area (Å²) in [7, 11) is 1.80. The first-order valence-corrected chi connectivity index (χ1v) is 9.25. The lowest BCUT2D eigenvalue weighted by atomic mass is 10.2. The molecule has 0 aromatic carbocycles. The first-order valence-electron chi connectivity index (χ1n) is 8.02. The van der Waals surface area contributed by atoms with Gasteiger partial charge < -0.3 is 15.2 Å². The molecule has 134 valence electrons. The molecule has 1 aromatic heterocycles. The molecule has 0 aliphatic rings. The number of aliphatic imine (C=N–C) groups is 1. The zero-order valence-electron chi connectivity index (χ0n) is 14.9. The number of aryl methyl sites for hydroxylation is 1. The van der Waals surface area contributed by atoms with E-state index < -0.39 is 0 Å². The number of nitrogens with one attached hydrogen (secondary N) is 2. The third-order valence-electron chi connectivity index (χ3n) is 3.16. The molecule has 0 aliphatic carbocycles. The molecule has 0 aliphatic heterocycles. The highest BCUT2D eigenvalue weighted by atomic mass is 127. The molecule has 0 amide bonds. The number of thioether (sulfide) groups is 1. The highest BCUT2D eigenvalue weighted by Crippen LogP contribution is 2.16. The molecular formula is C15H31IN6S. The summed E-state index contributed by atoms with van der Waals surface area (Å²) < 4.78 is 2.25. The largest absolute Gasteiger partial charge is 0.356 e. The number of nitrogens with zero attached hydrogens (tertiary/aromatic N) is 4. The second-order valence-electron chi connectivity index (χ2n) is 5.64. The maximum Gasteiger partial charge on any atom is 0.190 e. The van der Waals surface area contributed by atoms with Crippen molar-refractivity contribution in [1.82, 2.24) is 25.4 Å². The number of aromatic nitrogens is 3. The summed E-state index contributed by atoms with van der Waals surface area (Å²) in [6.45, 7) is 9.39. The highest BCUT2D eigenvalue weighted by Gasteiger charge is 2.12. The molecule has 2 N–H and O–H groups in total. The summed E-state index contributed by atoms with van der Waals surface area (Å²) in [6.07, 6.45) is 5.08. The van der Waals surface area contributed by atoms with Crippen molar-refractivity contribution in [3.63, 3.8) is 0 Å². The molecular weight excluding hydrogens is 423 g/mol. The molecule has 0 saturated heterocycles. The van der Waals surface area contributed by atoms with Gasteiger partial charge in [-0.05, 0) is 25.0 Å². The molecule has 6 nitrogen and oxygen atoms in total. The van der Waals surface area contributed by atoms with Crippen LogP contribution in [0.4, 0.5) is 0 Å². The lowest BCUT2D eigenvalue weighted by molar-refractivity contribution is 0.477. The molecule has 0 saturated carbocycles. The van der Waals surface area contributed by atoms with Gasteiger partial charge in [0.25, 0.3) is 0 Å². The predicted molar refractivity (Wildman–Crippen MR) is 110 cm³/mol. The van der Waals surface area contributed by atoms with Gasteiger partial charge in [0.05, 0.1) is 0 Å². The monoisotopic (exact) mass is 454 g/mol. The third kappa shape index (κ3) is 8.23. The van der Waals surface area contributed by atoms with Gasteiger partial charge in [0.2, 0.25) is 0 Å². The molecule has 0 fully saturated rings. The Morgan fingerprint density at radius 1 is 1.26 bits per heavy atom. The predicted octanol–water partition coefficient (Wildman–Crippen LogP) is 2.78. The SMILES string of the molecule is CCCNC(=NC)NCCCc1nnc(SC)n1CC(C)C.I. The molecule has 1 aromatic rings.